The van der Waals surface area contributed by atoms with Gasteiger partial charge in [0.1, 0.15) is 5.69 Å². The molecule has 7 heteroatoms. The summed E-state index contributed by atoms with van der Waals surface area (Å²) in [5.74, 6) is -1.42. The van der Waals surface area contributed by atoms with Crippen molar-refractivity contribution in [3.05, 3.63) is 33.9 Å². The van der Waals surface area contributed by atoms with E-state index in [1.54, 1.807) is 0 Å². The molecule has 0 aliphatic rings. The maximum Gasteiger partial charge on any atom is 0.292 e. The third-order valence-electron chi connectivity index (χ3n) is 3.22. The van der Waals surface area contributed by atoms with Crippen molar-refractivity contribution < 1.29 is 19.7 Å². The number of nitrogens with zero attached hydrogens (tertiary/aromatic N) is 1. The smallest absolute Gasteiger partial charge is 0.292 e. The molecule has 20 heavy (non-hydrogen) atoms. The second kappa shape index (κ2) is 7.44. The number of nitro groups is 1. The second-order valence-electron chi connectivity index (χ2n) is 4.41. The summed E-state index contributed by atoms with van der Waals surface area (Å²) in [6.45, 7) is 7.56. The van der Waals surface area contributed by atoms with Crippen LogP contribution in [0.3, 0.4) is 0 Å². The number of carbonyl (C=O) groups is 1. The number of carboxylic acids is 1. The molecule has 0 spiro atoms. The van der Waals surface area contributed by atoms with Gasteiger partial charge in [0.15, 0.2) is 0 Å². The summed E-state index contributed by atoms with van der Waals surface area (Å²) in [5.41, 5.74) is -0.121. The summed E-state index contributed by atoms with van der Waals surface area (Å²) >= 11 is 0. The molecule has 0 heterocycles. The van der Waals surface area contributed by atoms with Crippen LogP contribution in [-0.2, 0) is 0 Å². The van der Waals surface area contributed by atoms with Crippen molar-refractivity contribution in [3.63, 3.8) is 0 Å². The molecule has 0 aliphatic heterocycles. The van der Waals surface area contributed by atoms with Crippen LogP contribution in [0.5, 0.6) is 0 Å². The Morgan fingerprint density at radius 1 is 1.35 bits per heavy atom. The first-order valence-electron chi connectivity index (χ1n) is 6.56. The van der Waals surface area contributed by atoms with E-state index < -0.39 is 10.9 Å². The Hall–Kier alpha value is -2.15. The molecule has 0 amide bonds. The summed E-state index contributed by atoms with van der Waals surface area (Å²) < 4.78 is 0. The maximum atomic E-state index is 11.0. The standard InChI is InChI=1S/C13H19N3O4/c1-3-15(4-2)8-7-14-11-6-5-10(13(17)18)9-12(11)16(19)20/h5-6,9,14H,3-4,7-8H2,1-2H3,(H,17,18). The van der Waals surface area contributed by atoms with Crippen molar-refractivity contribution in [3.8, 4) is 0 Å². The van der Waals surface area contributed by atoms with E-state index in [-0.39, 0.29) is 11.3 Å². The number of anilines is 1. The number of carbonyl (C=O) groups excluding carboxylic acids is 1. The minimum absolute atomic E-state index is 0.198. The zero-order valence-electron chi connectivity index (χ0n) is 11.6. The number of likely N-dealkylation sites (N-methyl/N-ethyl adjacent to an activating group) is 1. The zero-order valence-corrected chi connectivity index (χ0v) is 11.6. The van der Waals surface area contributed by atoms with E-state index in [4.69, 9.17) is 0 Å². The van der Waals surface area contributed by atoms with Gasteiger partial charge >= 0.3 is 0 Å². The van der Waals surface area contributed by atoms with Crippen molar-refractivity contribution >= 4 is 17.3 Å². The Morgan fingerprint density at radius 2 is 2.00 bits per heavy atom. The van der Waals surface area contributed by atoms with E-state index in [1.165, 1.54) is 17.0 Å². The van der Waals surface area contributed by atoms with Crippen molar-refractivity contribution in [2.45, 2.75) is 13.8 Å². The van der Waals surface area contributed by atoms with Crippen LogP contribution in [0.4, 0.5) is 11.4 Å². The van der Waals surface area contributed by atoms with Gasteiger partial charge in [-0.3, -0.25) is 10.1 Å². The molecule has 1 rings (SSSR count). The number of nitro benzene ring substituents is 1. The molecule has 0 bridgehead atoms. The fraction of sp³-hybridized carbons (Fsp3) is 0.462. The number of aromatic carboxylic acids is 1. The van der Waals surface area contributed by atoms with Crippen LogP contribution in [0.1, 0.15) is 24.2 Å². The molecule has 1 aromatic rings. The lowest BCUT2D eigenvalue weighted by Crippen LogP contribution is -3.12. The van der Waals surface area contributed by atoms with E-state index in [1.807, 2.05) is 0 Å². The predicted octanol–water partition coefficient (Wildman–Crippen LogP) is -0.705. The topological polar surface area (TPSA) is 99.7 Å². The normalized spacial score (nSPS) is 10.6. The summed E-state index contributed by atoms with van der Waals surface area (Å²) in [6.07, 6.45) is 0. The number of nitrogens with one attached hydrogen (secondary N) is 2. The molecule has 2 N–H and O–H groups in total. The number of hydrogen-bond acceptors (Lipinski definition) is 5. The van der Waals surface area contributed by atoms with Crippen molar-refractivity contribution in [1.82, 2.24) is 0 Å². The molecule has 1 aromatic carbocycles. The predicted molar refractivity (Wildman–Crippen MR) is 72.8 cm³/mol. The van der Waals surface area contributed by atoms with Gasteiger partial charge < -0.3 is 20.1 Å². The Bertz CT molecular complexity index is 487. The second-order valence-corrected chi connectivity index (χ2v) is 4.41. The van der Waals surface area contributed by atoms with Gasteiger partial charge in [-0.25, -0.2) is 0 Å². The van der Waals surface area contributed by atoms with Crippen LogP contribution >= 0.6 is 0 Å². The lowest BCUT2D eigenvalue weighted by molar-refractivity contribution is -0.894. The molecule has 0 aliphatic carbocycles. The van der Waals surface area contributed by atoms with Gasteiger partial charge in [-0.05, 0) is 19.9 Å². The average molecular weight is 281 g/mol. The fourth-order valence-electron chi connectivity index (χ4n) is 1.94. The summed E-state index contributed by atoms with van der Waals surface area (Å²) in [6, 6.07) is 3.72. The summed E-state index contributed by atoms with van der Waals surface area (Å²) in [4.78, 5) is 22.4. The lowest BCUT2D eigenvalue weighted by atomic mass is 10.1. The lowest BCUT2D eigenvalue weighted by Gasteiger charge is -2.16. The Kier molecular flexibility index (Phi) is 5.92. The minimum Gasteiger partial charge on any atom is -0.545 e. The average Bonchev–Trinajstić information content (AvgIpc) is 2.43. The highest BCUT2D eigenvalue weighted by atomic mass is 16.6. The Labute approximate surface area is 117 Å². The Balaban J connectivity index is 2.79. The molecule has 0 aromatic heterocycles. The first kappa shape index (κ1) is 15.9. The summed E-state index contributed by atoms with van der Waals surface area (Å²) in [5, 5.41) is 24.6. The van der Waals surface area contributed by atoms with Gasteiger partial charge in [0, 0.05) is 11.6 Å². The highest BCUT2D eigenvalue weighted by molar-refractivity contribution is 5.88. The van der Waals surface area contributed by atoms with Crippen molar-refractivity contribution in [2.24, 2.45) is 0 Å². The van der Waals surface area contributed by atoms with Gasteiger partial charge in [-0.1, -0.05) is 6.07 Å². The van der Waals surface area contributed by atoms with Gasteiger partial charge in [0.25, 0.3) is 5.69 Å². The molecular weight excluding hydrogens is 262 g/mol. The van der Waals surface area contributed by atoms with E-state index in [2.05, 4.69) is 19.2 Å². The molecule has 7 nitrogen and oxygen atoms in total. The van der Waals surface area contributed by atoms with E-state index in [0.29, 0.717) is 12.2 Å². The first-order chi connectivity index (χ1) is 9.49. The highest BCUT2D eigenvalue weighted by Crippen LogP contribution is 2.25. The van der Waals surface area contributed by atoms with Gasteiger partial charge in [0.2, 0.25) is 0 Å². The number of hydrogen-bond donors (Lipinski definition) is 2. The van der Waals surface area contributed by atoms with E-state index in [9.17, 15) is 20.0 Å². The number of benzene rings is 1. The SMILES string of the molecule is CC[NH+](CC)CCNc1ccc(C(=O)[O-])cc1[N+](=O)[O-]. The Morgan fingerprint density at radius 3 is 2.50 bits per heavy atom. The first-order valence-corrected chi connectivity index (χ1v) is 6.56. The monoisotopic (exact) mass is 281 g/mol. The van der Waals surface area contributed by atoms with Crippen LogP contribution in [0.15, 0.2) is 18.2 Å². The third-order valence-corrected chi connectivity index (χ3v) is 3.22. The van der Waals surface area contributed by atoms with Crippen molar-refractivity contribution in [1.29, 1.82) is 0 Å². The molecule has 0 unspecified atom stereocenters. The molecule has 0 radical (unpaired) electrons. The molecule has 0 saturated carbocycles. The minimum atomic E-state index is -1.42. The molecule has 110 valence electrons. The fourth-order valence-corrected chi connectivity index (χ4v) is 1.94. The van der Waals surface area contributed by atoms with Gasteiger partial charge in [-0.2, -0.15) is 0 Å². The van der Waals surface area contributed by atoms with Crippen LogP contribution in [0.2, 0.25) is 0 Å². The molecule has 0 fully saturated rings. The van der Waals surface area contributed by atoms with Gasteiger partial charge in [0.05, 0.1) is 37.1 Å². The van der Waals surface area contributed by atoms with Crippen LogP contribution in [0, 0.1) is 10.1 Å². The summed E-state index contributed by atoms with van der Waals surface area (Å²) in [7, 11) is 0. The zero-order chi connectivity index (χ0) is 15.1. The van der Waals surface area contributed by atoms with Crippen LogP contribution < -0.4 is 15.3 Å². The van der Waals surface area contributed by atoms with Crippen molar-refractivity contribution in [2.75, 3.05) is 31.5 Å². The van der Waals surface area contributed by atoms with Gasteiger partial charge in [-0.15, -0.1) is 0 Å². The van der Waals surface area contributed by atoms with Crippen LogP contribution in [-0.4, -0.2) is 37.1 Å². The number of rotatable bonds is 8. The third kappa shape index (κ3) is 4.20. The quantitative estimate of drug-likeness (QED) is 0.484. The van der Waals surface area contributed by atoms with Crippen LogP contribution in [0.25, 0.3) is 0 Å². The molecule has 0 atom stereocenters. The number of quaternary nitrogens is 1. The van der Waals surface area contributed by atoms with E-state index in [0.717, 1.165) is 25.7 Å². The number of carboxylic acid groups (broad SMARTS) is 1. The molecular formula is C13H19N3O4. The largest absolute Gasteiger partial charge is 0.545 e. The maximum absolute atomic E-state index is 11.0. The van der Waals surface area contributed by atoms with E-state index >= 15 is 0 Å². The molecule has 0 saturated heterocycles. The highest BCUT2D eigenvalue weighted by Gasteiger charge is 2.15.